The van der Waals surface area contributed by atoms with Gasteiger partial charge in [0.15, 0.2) is 5.78 Å². The van der Waals surface area contributed by atoms with Crippen LogP contribution in [0.5, 0.6) is 0 Å². The zero-order valence-corrected chi connectivity index (χ0v) is 11.1. The molecule has 1 aliphatic rings. The highest BCUT2D eigenvalue weighted by molar-refractivity contribution is 5.97. The largest absolute Gasteiger partial charge is 0.368 e. The predicted octanol–water partition coefficient (Wildman–Crippen LogP) is 0.497. The summed E-state index contributed by atoms with van der Waals surface area (Å²) in [6.45, 7) is 4.78. The first-order chi connectivity index (χ1) is 9.11. The first-order valence-electron chi connectivity index (χ1n) is 6.45. The quantitative estimate of drug-likeness (QED) is 0.804. The molecule has 0 bridgehead atoms. The molecular formula is C14H19N3O2. The van der Waals surface area contributed by atoms with Crippen molar-refractivity contribution in [3.63, 3.8) is 0 Å². The van der Waals surface area contributed by atoms with E-state index in [2.05, 4.69) is 4.90 Å². The van der Waals surface area contributed by atoms with Crippen LogP contribution in [-0.4, -0.2) is 49.3 Å². The Kier molecular flexibility index (Phi) is 4.16. The normalized spacial score (nSPS) is 15.5. The Labute approximate surface area is 113 Å². The van der Waals surface area contributed by atoms with Gasteiger partial charge in [-0.2, -0.15) is 0 Å². The topological polar surface area (TPSA) is 66.6 Å². The number of nitrogens with two attached hydrogens (primary N) is 1. The minimum atomic E-state index is -0.0482. The van der Waals surface area contributed by atoms with Gasteiger partial charge >= 0.3 is 0 Å². The van der Waals surface area contributed by atoms with Crippen molar-refractivity contribution in [2.24, 2.45) is 5.73 Å². The Morgan fingerprint density at radius 1 is 1.11 bits per heavy atom. The fourth-order valence-corrected chi connectivity index (χ4v) is 2.26. The van der Waals surface area contributed by atoms with Crippen molar-refractivity contribution < 1.29 is 9.59 Å². The van der Waals surface area contributed by atoms with E-state index in [0.29, 0.717) is 5.56 Å². The number of benzene rings is 1. The van der Waals surface area contributed by atoms with E-state index < -0.39 is 0 Å². The van der Waals surface area contributed by atoms with Crippen LogP contribution in [0, 0.1) is 0 Å². The van der Waals surface area contributed by atoms with Gasteiger partial charge in [0.25, 0.3) is 0 Å². The van der Waals surface area contributed by atoms with Gasteiger partial charge in [0.1, 0.15) is 0 Å². The van der Waals surface area contributed by atoms with Gasteiger partial charge in [-0.25, -0.2) is 0 Å². The third-order valence-corrected chi connectivity index (χ3v) is 3.46. The lowest BCUT2D eigenvalue weighted by atomic mass is 10.1. The minimum absolute atomic E-state index is 0.0383. The van der Waals surface area contributed by atoms with Gasteiger partial charge in [0, 0.05) is 44.4 Å². The predicted molar refractivity (Wildman–Crippen MR) is 74.3 cm³/mol. The van der Waals surface area contributed by atoms with Crippen LogP contribution >= 0.6 is 0 Å². The van der Waals surface area contributed by atoms with Crippen LogP contribution in [0.15, 0.2) is 24.3 Å². The van der Waals surface area contributed by atoms with Crippen molar-refractivity contribution in [2.45, 2.75) is 6.92 Å². The molecule has 0 saturated carbocycles. The van der Waals surface area contributed by atoms with Crippen LogP contribution in [0.2, 0.25) is 0 Å². The van der Waals surface area contributed by atoms with Crippen molar-refractivity contribution in [3.05, 3.63) is 29.8 Å². The molecule has 0 radical (unpaired) electrons. The molecule has 102 valence electrons. The van der Waals surface area contributed by atoms with Gasteiger partial charge in [0.2, 0.25) is 5.91 Å². The number of carbonyl (C=O) groups is 2. The Morgan fingerprint density at radius 3 is 2.16 bits per heavy atom. The lowest BCUT2D eigenvalue weighted by molar-refractivity contribution is -0.129. The second-order valence-corrected chi connectivity index (χ2v) is 4.67. The number of piperazine rings is 1. The molecule has 2 N–H and O–H groups in total. The summed E-state index contributed by atoms with van der Waals surface area (Å²) in [5.74, 6) is 0.0801. The first-order valence-corrected chi connectivity index (χ1v) is 6.45. The summed E-state index contributed by atoms with van der Waals surface area (Å²) < 4.78 is 0. The molecule has 2 rings (SSSR count). The van der Waals surface area contributed by atoms with Crippen LogP contribution in [0.4, 0.5) is 5.69 Å². The molecule has 1 heterocycles. The number of rotatable bonds is 3. The van der Waals surface area contributed by atoms with E-state index in [1.807, 2.05) is 29.2 Å². The molecule has 19 heavy (non-hydrogen) atoms. The van der Waals surface area contributed by atoms with Crippen molar-refractivity contribution in [1.29, 1.82) is 0 Å². The SMILES string of the molecule is CC(=O)N1CCN(c2ccc(C(=O)CN)cc2)CC1. The number of carbonyl (C=O) groups excluding carboxylic acids is 2. The van der Waals surface area contributed by atoms with E-state index in [9.17, 15) is 9.59 Å². The zero-order chi connectivity index (χ0) is 13.8. The second kappa shape index (κ2) is 5.84. The van der Waals surface area contributed by atoms with Crippen LogP contribution in [0.25, 0.3) is 0 Å². The molecule has 0 aromatic heterocycles. The van der Waals surface area contributed by atoms with E-state index in [1.54, 1.807) is 6.92 Å². The summed E-state index contributed by atoms with van der Waals surface area (Å²) in [4.78, 5) is 26.8. The van der Waals surface area contributed by atoms with Crippen molar-refractivity contribution >= 4 is 17.4 Å². The average Bonchev–Trinajstić information content (AvgIpc) is 2.46. The molecule has 1 saturated heterocycles. The number of ketones is 1. The first kappa shape index (κ1) is 13.5. The van der Waals surface area contributed by atoms with E-state index in [4.69, 9.17) is 5.73 Å². The van der Waals surface area contributed by atoms with Crippen molar-refractivity contribution in [3.8, 4) is 0 Å². The lowest BCUT2D eigenvalue weighted by Crippen LogP contribution is -2.48. The summed E-state index contributed by atoms with van der Waals surface area (Å²) in [7, 11) is 0. The van der Waals surface area contributed by atoms with Gasteiger partial charge in [0.05, 0.1) is 6.54 Å². The number of Topliss-reactive ketones (excluding diaryl/α,β-unsaturated/α-hetero) is 1. The maximum Gasteiger partial charge on any atom is 0.219 e. The maximum absolute atomic E-state index is 11.4. The molecule has 1 aliphatic heterocycles. The van der Waals surface area contributed by atoms with Gasteiger partial charge in [-0.05, 0) is 24.3 Å². The van der Waals surface area contributed by atoms with Crippen molar-refractivity contribution in [1.82, 2.24) is 4.90 Å². The van der Waals surface area contributed by atoms with Crippen LogP contribution < -0.4 is 10.6 Å². The standard InChI is InChI=1S/C14H19N3O2/c1-11(18)16-6-8-17(9-7-16)13-4-2-12(3-5-13)14(19)10-15/h2-5H,6-10,15H2,1H3. The Hall–Kier alpha value is -1.88. The molecule has 0 atom stereocenters. The molecule has 0 aliphatic carbocycles. The third-order valence-electron chi connectivity index (χ3n) is 3.46. The monoisotopic (exact) mass is 261 g/mol. The molecule has 1 aromatic carbocycles. The maximum atomic E-state index is 11.4. The zero-order valence-electron chi connectivity index (χ0n) is 11.1. The van der Waals surface area contributed by atoms with Crippen LogP contribution in [0.1, 0.15) is 17.3 Å². The summed E-state index contributed by atoms with van der Waals surface area (Å²) in [5, 5.41) is 0. The highest BCUT2D eigenvalue weighted by Crippen LogP contribution is 2.17. The Bertz CT molecular complexity index is 462. The van der Waals surface area contributed by atoms with E-state index in [1.165, 1.54) is 0 Å². The highest BCUT2D eigenvalue weighted by Gasteiger charge is 2.18. The molecule has 1 aromatic rings. The van der Waals surface area contributed by atoms with E-state index in [0.717, 1.165) is 31.9 Å². The van der Waals surface area contributed by atoms with Crippen molar-refractivity contribution in [2.75, 3.05) is 37.6 Å². The number of nitrogens with zero attached hydrogens (tertiary/aromatic N) is 2. The Balaban J connectivity index is 2.00. The number of hydrogen-bond acceptors (Lipinski definition) is 4. The van der Waals surface area contributed by atoms with Crippen LogP contribution in [-0.2, 0) is 4.79 Å². The summed E-state index contributed by atoms with van der Waals surface area (Å²) in [6.07, 6.45) is 0. The van der Waals surface area contributed by atoms with Gasteiger partial charge in [-0.1, -0.05) is 0 Å². The lowest BCUT2D eigenvalue weighted by Gasteiger charge is -2.35. The molecule has 0 spiro atoms. The average molecular weight is 261 g/mol. The van der Waals surface area contributed by atoms with E-state index >= 15 is 0 Å². The smallest absolute Gasteiger partial charge is 0.219 e. The fourth-order valence-electron chi connectivity index (χ4n) is 2.26. The molecule has 5 heteroatoms. The summed E-state index contributed by atoms with van der Waals surface area (Å²) in [6, 6.07) is 7.49. The Morgan fingerprint density at radius 2 is 1.68 bits per heavy atom. The summed E-state index contributed by atoms with van der Waals surface area (Å²) in [5.41, 5.74) is 7.06. The second-order valence-electron chi connectivity index (χ2n) is 4.67. The molecule has 1 fully saturated rings. The van der Waals surface area contributed by atoms with Crippen LogP contribution in [0.3, 0.4) is 0 Å². The fraction of sp³-hybridized carbons (Fsp3) is 0.429. The third kappa shape index (κ3) is 3.12. The number of amides is 1. The molecule has 5 nitrogen and oxygen atoms in total. The minimum Gasteiger partial charge on any atom is -0.368 e. The number of anilines is 1. The van der Waals surface area contributed by atoms with Gasteiger partial charge < -0.3 is 15.5 Å². The van der Waals surface area contributed by atoms with Gasteiger partial charge in [-0.3, -0.25) is 9.59 Å². The van der Waals surface area contributed by atoms with Gasteiger partial charge in [-0.15, -0.1) is 0 Å². The molecular weight excluding hydrogens is 242 g/mol. The molecule has 0 unspecified atom stereocenters. The highest BCUT2D eigenvalue weighted by atomic mass is 16.2. The van der Waals surface area contributed by atoms with E-state index in [-0.39, 0.29) is 18.2 Å². The summed E-state index contributed by atoms with van der Waals surface area (Å²) >= 11 is 0. The number of hydrogen-bond donors (Lipinski definition) is 1. The molecule has 1 amide bonds.